The first kappa shape index (κ1) is 12.2. The minimum Gasteiger partial charge on any atom is -0.257 e. The van der Waals surface area contributed by atoms with E-state index in [0.717, 1.165) is 15.8 Å². The van der Waals surface area contributed by atoms with Crippen molar-refractivity contribution in [3.05, 3.63) is 15.3 Å². The molecule has 80 valence electrons. The van der Waals surface area contributed by atoms with Gasteiger partial charge < -0.3 is 0 Å². The molecule has 0 bridgehead atoms. The zero-order valence-corrected chi connectivity index (χ0v) is 11.6. The molecule has 2 nitrogen and oxygen atoms in total. The van der Waals surface area contributed by atoms with Crippen LogP contribution in [0.3, 0.4) is 0 Å². The van der Waals surface area contributed by atoms with E-state index in [1.807, 2.05) is 10.7 Å². The summed E-state index contributed by atoms with van der Waals surface area (Å²) < 4.78 is 3.95. The van der Waals surface area contributed by atoms with Crippen LogP contribution in [-0.2, 0) is 6.54 Å². The lowest BCUT2D eigenvalue weighted by molar-refractivity contribution is 0.525. The van der Waals surface area contributed by atoms with E-state index in [1.165, 1.54) is 32.1 Å². The van der Waals surface area contributed by atoms with E-state index in [0.29, 0.717) is 0 Å². The van der Waals surface area contributed by atoms with E-state index in [9.17, 15) is 0 Å². The van der Waals surface area contributed by atoms with Crippen LogP contribution in [0.4, 0.5) is 0 Å². The minimum atomic E-state index is 0.901. The molecular formula is C10H16Br2N2. The third-order valence-corrected chi connectivity index (χ3v) is 3.20. The van der Waals surface area contributed by atoms with Crippen LogP contribution in [0.15, 0.2) is 15.3 Å². The lowest BCUT2D eigenvalue weighted by atomic mass is 10.1. The largest absolute Gasteiger partial charge is 0.257 e. The minimum absolute atomic E-state index is 0.901. The van der Waals surface area contributed by atoms with Crippen molar-refractivity contribution >= 4 is 31.9 Å². The molecule has 0 radical (unpaired) electrons. The molecular weight excluding hydrogens is 308 g/mol. The average Bonchev–Trinajstić information content (AvgIpc) is 2.45. The first-order chi connectivity index (χ1) is 6.74. The van der Waals surface area contributed by atoms with Crippen molar-refractivity contribution in [1.29, 1.82) is 0 Å². The van der Waals surface area contributed by atoms with Crippen LogP contribution in [0.1, 0.15) is 39.0 Å². The molecule has 0 saturated heterocycles. The van der Waals surface area contributed by atoms with Crippen LogP contribution < -0.4 is 0 Å². The highest BCUT2D eigenvalue weighted by atomic mass is 79.9. The van der Waals surface area contributed by atoms with E-state index in [1.54, 1.807) is 0 Å². The van der Waals surface area contributed by atoms with Crippen molar-refractivity contribution in [3.63, 3.8) is 0 Å². The van der Waals surface area contributed by atoms with E-state index in [-0.39, 0.29) is 0 Å². The zero-order valence-electron chi connectivity index (χ0n) is 8.47. The van der Waals surface area contributed by atoms with Crippen LogP contribution in [0, 0.1) is 0 Å². The number of unbranched alkanes of at least 4 members (excludes halogenated alkanes) is 4. The Labute approximate surface area is 102 Å². The van der Waals surface area contributed by atoms with Crippen molar-refractivity contribution in [2.45, 2.75) is 45.6 Å². The highest BCUT2D eigenvalue weighted by Gasteiger charge is 2.01. The molecule has 0 aliphatic rings. The fourth-order valence-corrected chi connectivity index (χ4v) is 2.58. The summed E-state index contributed by atoms with van der Waals surface area (Å²) >= 11 is 6.83. The predicted molar refractivity (Wildman–Crippen MR) is 66.4 cm³/mol. The second-order valence-corrected chi connectivity index (χ2v) is 5.05. The summed E-state index contributed by atoms with van der Waals surface area (Å²) in [7, 11) is 0. The maximum atomic E-state index is 4.31. The van der Waals surface area contributed by atoms with Crippen molar-refractivity contribution < 1.29 is 0 Å². The number of rotatable bonds is 6. The van der Waals surface area contributed by atoms with Gasteiger partial charge in [-0.2, -0.15) is 5.10 Å². The van der Waals surface area contributed by atoms with Gasteiger partial charge >= 0.3 is 0 Å². The topological polar surface area (TPSA) is 17.8 Å². The lowest BCUT2D eigenvalue weighted by Gasteiger charge is -2.02. The summed E-state index contributed by atoms with van der Waals surface area (Å²) in [6, 6.07) is 1.98. The smallest absolute Gasteiger partial charge is 0.129 e. The van der Waals surface area contributed by atoms with Gasteiger partial charge in [0.1, 0.15) is 9.21 Å². The summed E-state index contributed by atoms with van der Waals surface area (Å²) in [6.45, 7) is 3.25. The normalized spacial score (nSPS) is 10.8. The Bertz CT molecular complexity index is 271. The van der Waals surface area contributed by atoms with Gasteiger partial charge in [0, 0.05) is 12.6 Å². The van der Waals surface area contributed by atoms with E-state index < -0.39 is 0 Å². The summed E-state index contributed by atoms with van der Waals surface area (Å²) in [6.07, 6.45) is 6.52. The summed E-state index contributed by atoms with van der Waals surface area (Å²) in [5.74, 6) is 0. The Morgan fingerprint density at radius 3 is 2.50 bits per heavy atom. The lowest BCUT2D eigenvalue weighted by Crippen LogP contribution is -2.00. The molecule has 0 saturated carbocycles. The molecule has 0 unspecified atom stereocenters. The van der Waals surface area contributed by atoms with Gasteiger partial charge in [-0.1, -0.05) is 32.6 Å². The highest BCUT2D eigenvalue weighted by molar-refractivity contribution is 9.11. The zero-order chi connectivity index (χ0) is 10.4. The first-order valence-electron chi connectivity index (χ1n) is 5.13. The molecule has 0 N–H and O–H groups in total. The molecule has 0 fully saturated rings. The monoisotopic (exact) mass is 322 g/mol. The number of aryl methyl sites for hydroxylation is 1. The Hall–Kier alpha value is 0.170. The van der Waals surface area contributed by atoms with Crippen molar-refractivity contribution in [1.82, 2.24) is 9.78 Å². The van der Waals surface area contributed by atoms with Crippen LogP contribution in [-0.4, -0.2) is 9.78 Å². The second-order valence-electron chi connectivity index (χ2n) is 3.43. The van der Waals surface area contributed by atoms with Crippen molar-refractivity contribution in [3.8, 4) is 0 Å². The molecule has 0 spiro atoms. The SMILES string of the molecule is CCCCCCCn1nc(Br)cc1Br. The van der Waals surface area contributed by atoms with E-state index in [2.05, 4.69) is 43.9 Å². The number of halogens is 2. The van der Waals surface area contributed by atoms with Gasteiger partial charge in [-0.3, -0.25) is 4.68 Å². The molecule has 0 aliphatic heterocycles. The predicted octanol–water partition coefficient (Wildman–Crippen LogP) is 4.38. The van der Waals surface area contributed by atoms with Gasteiger partial charge in [-0.15, -0.1) is 0 Å². The van der Waals surface area contributed by atoms with Gasteiger partial charge in [0.05, 0.1) is 0 Å². The maximum absolute atomic E-state index is 4.31. The van der Waals surface area contributed by atoms with Crippen LogP contribution >= 0.6 is 31.9 Å². The molecule has 1 aromatic heterocycles. The van der Waals surface area contributed by atoms with Crippen molar-refractivity contribution in [2.75, 3.05) is 0 Å². The third-order valence-electron chi connectivity index (χ3n) is 2.17. The fourth-order valence-electron chi connectivity index (χ4n) is 1.39. The molecule has 14 heavy (non-hydrogen) atoms. The summed E-state index contributed by atoms with van der Waals surface area (Å²) in [4.78, 5) is 0. The van der Waals surface area contributed by atoms with Crippen molar-refractivity contribution in [2.24, 2.45) is 0 Å². The van der Waals surface area contributed by atoms with Gasteiger partial charge in [-0.05, 0) is 38.3 Å². The van der Waals surface area contributed by atoms with E-state index >= 15 is 0 Å². The molecule has 4 heteroatoms. The molecule has 1 heterocycles. The summed E-state index contributed by atoms with van der Waals surface area (Å²) in [5, 5.41) is 4.31. The van der Waals surface area contributed by atoms with Crippen LogP contribution in [0.25, 0.3) is 0 Å². The van der Waals surface area contributed by atoms with Crippen LogP contribution in [0.2, 0.25) is 0 Å². The molecule has 0 aromatic carbocycles. The van der Waals surface area contributed by atoms with Gasteiger partial charge in [0.25, 0.3) is 0 Å². The molecule has 1 rings (SSSR count). The maximum Gasteiger partial charge on any atom is 0.129 e. The number of hydrogen-bond acceptors (Lipinski definition) is 1. The Balaban J connectivity index is 2.21. The van der Waals surface area contributed by atoms with Gasteiger partial charge in [0.15, 0.2) is 0 Å². The quantitative estimate of drug-likeness (QED) is 0.710. The van der Waals surface area contributed by atoms with Crippen LogP contribution in [0.5, 0.6) is 0 Å². The van der Waals surface area contributed by atoms with Gasteiger partial charge in [0.2, 0.25) is 0 Å². The molecule has 1 aromatic rings. The number of nitrogens with zero attached hydrogens (tertiary/aromatic N) is 2. The second kappa shape index (κ2) is 6.62. The Morgan fingerprint density at radius 2 is 1.93 bits per heavy atom. The third kappa shape index (κ3) is 4.13. The van der Waals surface area contributed by atoms with Gasteiger partial charge in [-0.25, -0.2) is 0 Å². The fraction of sp³-hybridized carbons (Fsp3) is 0.700. The first-order valence-corrected chi connectivity index (χ1v) is 6.71. The average molecular weight is 324 g/mol. The Morgan fingerprint density at radius 1 is 1.21 bits per heavy atom. The highest BCUT2D eigenvalue weighted by Crippen LogP contribution is 2.17. The molecule has 0 atom stereocenters. The summed E-state index contributed by atoms with van der Waals surface area (Å²) in [5.41, 5.74) is 0. The standard InChI is InChI=1S/C10H16Br2N2/c1-2-3-4-5-6-7-14-10(12)8-9(11)13-14/h8H,2-7H2,1H3. The molecule has 0 aliphatic carbocycles. The number of aromatic nitrogens is 2. The molecule has 0 amide bonds. The number of hydrogen-bond donors (Lipinski definition) is 0. The Kier molecular flexibility index (Phi) is 5.78. The van der Waals surface area contributed by atoms with E-state index in [4.69, 9.17) is 0 Å².